The van der Waals surface area contributed by atoms with Crippen molar-refractivity contribution in [3.8, 4) is 0 Å². The van der Waals surface area contributed by atoms with Crippen LogP contribution >= 0.6 is 30.1 Å². The first-order valence-electron chi connectivity index (χ1n) is 10.6. The number of amides is 1. The molecule has 0 saturated heterocycles. The first kappa shape index (κ1) is 26.6. The fourth-order valence-corrected chi connectivity index (χ4v) is 6.52. The number of nitrogens with one attached hydrogen (secondary N) is 2. The van der Waals surface area contributed by atoms with Gasteiger partial charge < -0.3 is 15.0 Å². The van der Waals surface area contributed by atoms with E-state index in [2.05, 4.69) is 15.3 Å². The van der Waals surface area contributed by atoms with E-state index in [1.54, 1.807) is 11.8 Å². The molecule has 178 valence electrons. The molecule has 0 aromatic carbocycles. The number of carbonyl (C=O) groups excluding carboxylic acids is 1. The van der Waals surface area contributed by atoms with Crippen LogP contribution in [0.1, 0.15) is 32.6 Å². The van der Waals surface area contributed by atoms with Gasteiger partial charge in [-0.15, -0.1) is 0 Å². The quantitative estimate of drug-likeness (QED) is 0.263. The molecule has 1 amide bonds. The van der Waals surface area contributed by atoms with Gasteiger partial charge in [-0.1, -0.05) is 11.0 Å². The summed E-state index contributed by atoms with van der Waals surface area (Å²) in [5, 5.41) is 2.91. The molecule has 2 N–H and O–H groups in total. The number of hydrogen-bond donors (Lipinski definition) is 2. The summed E-state index contributed by atoms with van der Waals surface area (Å²) < 4.78 is 19.3. The number of aromatic nitrogens is 4. The molecule has 0 aliphatic carbocycles. The van der Waals surface area contributed by atoms with E-state index in [1.165, 1.54) is 29.3 Å². The Morgan fingerprint density at radius 2 is 2.06 bits per heavy atom. The molecule has 10 nitrogen and oxygen atoms in total. The number of fused-ring (bicyclic) bond motifs is 1. The number of aromatic amines is 1. The summed E-state index contributed by atoms with van der Waals surface area (Å²) in [6.07, 6.45) is 4.40. The number of hydrogen-bond acceptors (Lipinski definition) is 8. The summed E-state index contributed by atoms with van der Waals surface area (Å²) >= 11 is 3.16. The average Bonchev–Trinajstić information content (AvgIpc) is 3.27. The van der Waals surface area contributed by atoms with Gasteiger partial charge in [0, 0.05) is 44.7 Å². The molecule has 0 bridgehead atoms. The molecule has 32 heavy (non-hydrogen) atoms. The van der Waals surface area contributed by atoms with E-state index < -0.39 is 7.00 Å². The lowest BCUT2D eigenvalue weighted by Gasteiger charge is -2.08. The molecule has 0 radical (unpaired) electrons. The van der Waals surface area contributed by atoms with E-state index >= 15 is 0 Å². The van der Waals surface area contributed by atoms with Crippen LogP contribution in [0.25, 0.3) is 11.2 Å². The summed E-state index contributed by atoms with van der Waals surface area (Å²) in [5.74, 6) is 2.55. The second-order valence-corrected chi connectivity index (χ2v) is 11.8. The largest absolute Gasteiger partial charge is 0.438 e. The number of thioether (sulfide) groups is 1. The van der Waals surface area contributed by atoms with Gasteiger partial charge >= 0.3 is 12.7 Å². The molecule has 2 heterocycles. The number of rotatable bonds is 16. The van der Waals surface area contributed by atoms with Crippen LogP contribution in [0.3, 0.4) is 0 Å². The number of carbonyl (C=O) groups is 1. The topological polar surface area (TPSA) is 128 Å². The Bertz CT molecular complexity index is 1010. The molecule has 0 fully saturated rings. The minimum atomic E-state index is -1.34. The fourth-order valence-electron chi connectivity index (χ4n) is 2.96. The minimum Gasteiger partial charge on any atom is -0.355 e. The van der Waals surface area contributed by atoms with Gasteiger partial charge in [0.25, 0.3) is 11.9 Å². The van der Waals surface area contributed by atoms with E-state index in [-0.39, 0.29) is 17.2 Å². The number of nitrogens with zero attached hydrogens (tertiary/aromatic N) is 3. The standard InChI is InChI=1S/C19H30N5O5PS2/c1-3-29-14-30(28)32-12-11-31-10-8-20-15(25)7-5-4-6-9-24-17-16(21-13-22-17)18(26)23(2)19(24)27/h13H,3-12,14H2,1-2H3,(H-,20,21,22,25,26)/p+1. The molecular weight excluding hydrogens is 473 g/mol. The lowest BCUT2D eigenvalue weighted by Crippen LogP contribution is -2.38. The van der Waals surface area contributed by atoms with Crippen molar-refractivity contribution in [2.75, 3.05) is 36.8 Å². The van der Waals surface area contributed by atoms with Gasteiger partial charge in [-0.2, -0.15) is 11.8 Å². The molecule has 0 saturated carbocycles. The van der Waals surface area contributed by atoms with Crippen LogP contribution in [0.2, 0.25) is 0 Å². The van der Waals surface area contributed by atoms with Crippen LogP contribution in [0, 0.1) is 0 Å². The third-order valence-corrected chi connectivity index (χ3v) is 8.67. The summed E-state index contributed by atoms with van der Waals surface area (Å²) in [7, 11) is 0.116. The molecule has 0 spiro atoms. The number of H-pyrrole nitrogens is 1. The van der Waals surface area contributed by atoms with Crippen LogP contribution < -0.4 is 16.6 Å². The molecule has 1 atom stereocenters. The van der Waals surface area contributed by atoms with Crippen molar-refractivity contribution in [3.63, 3.8) is 0 Å². The number of aryl methyl sites for hydroxylation is 1. The molecule has 0 aliphatic heterocycles. The maximum atomic E-state index is 12.3. The predicted molar refractivity (Wildman–Crippen MR) is 131 cm³/mol. The zero-order valence-corrected chi connectivity index (χ0v) is 21.0. The van der Waals surface area contributed by atoms with Gasteiger partial charge in [0.2, 0.25) is 5.91 Å². The van der Waals surface area contributed by atoms with E-state index in [1.807, 2.05) is 6.92 Å². The Hall–Kier alpha value is -1.62. The first-order chi connectivity index (χ1) is 15.5. The third-order valence-electron chi connectivity index (χ3n) is 4.63. The Morgan fingerprint density at radius 1 is 1.25 bits per heavy atom. The third kappa shape index (κ3) is 8.38. The van der Waals surface area contributed by atoms with Crippen molar-refractivity contribution in [2.24, 2.45) is 7.05 Å². The number of unbranched alkanes of at least 4 members (excludes halogenated alkanes) is 2. The van der Waals surface area contributed by atoms with E-state index in [4.69, 9.17) is 4.74 Å². The van der Waals surface area contributed by atoms with Crippen molar-refractivity contribution in [3.05, 3.63) is 27.2 Å². The molecule has 1 unspecified atom stereocenters. The predicted octanol–water partition coefficient (Wildman–Crippen LogP) is 2.30. The lowest BCUT2D eigenvalue weighted by molar-refractivity contribution is -0.121. The van der Waals surface area contributed by atoms with E-state index in [9.17, 15) is 18.9 Å². The Labute approximate surface area is 195 Å². The van der Waals surface area contributed by atoms with Crippen LogP contribution in [-0.4, -0.2) is 61.8 Å². The lowest BCUT2D eigenvalue weighted by atomic mass is 10.2. The summed E-state index contributed by atoms with van der Waals surface area (Å²) in [6, 6.07) is 0. The van der Waals surface area contributed by atoms with Gasteiger partial charge in [-0.3, -0.25) is 18.7 Å². The Morgan fingerprint density at radius 3 is 2.84 bits per heavy atom. The maximum absolute atomic E-state index is 12.3. The highest BCUT2D eigenvalue weighted by molar-refractivity contribution is 8.51. The molecular formula is C19H31N5O5PS2+. The van der Waals surface area contributed by atoms with E-state index in [0.717, 1.165) is 34.7 Å². The highest BCUT2D eigenvalue weighted by atomic mass is 32.7. The van der Waals surface area contributed by atoms with Crippen molar-refractivity contribution in [2.45, 2.75) is 39.2 Å². The van der Waals surface area contributed by atoms with Gasteiger partial charge in [0.15, 0.2) is 5.65 Å². The average molecular weight is 505 g/mol. The van der Waals surface area contributed by atoms with Gasteiger partial charge in [0.1, 0.15) is 16.9 Å². The zero-order valence-electron chi connectivity index (χ0n) is 18.5. The summed E-state index contributed by atoms with van der Waals surface area (Å²) in [4.78, 5) is 43.2. The van der Waals surface area contributed by atoms with Crippen LogP contribution in [0.5, 0.6) is 0 Å². The van der Waals surface area contributed by atoms with Crippen molar-refractivity contribution < 1.29 is 14.1 Å². The summed E-state index contributed by atoms with van der Waals surface area (Å²) in [6.45, 7) is 3.53. The monoisotopic (exact) mass is 504 g/mol. The normalized spacial score (nSPS) is 11.8. The second-order valence-electron chi connectivity index (χ2n) is 6.96. The highest BCUT2D eigenvalue weighted by Gasteiger charge is 2.16. The van der Waals surface area contributed by atoms with Crippen molar-refractivity contribution in [1.82, 2.24) is 24.4 Å². The SMILES string of the molecule is CCOC[P+](=O)SCCSCCNC(=O)CCCCCn1c(=O)n(C)c(=O)c2[nH]cnc21. The first-order valence-corrected chi connectivity index (χ1v) is 14.8. The molecule has 13 heteroatoms. The van der Waals surface area contributed by atoms with Gasteiger partial charge in [-0.25, -0.2) is 9.78 Å². The van der Waals surface area contributed by atoms with E-state index in [0.29, 0.717) is 50.0 Å². The van der Waals surface area contributed by atoms with Crippen LogP contribution in [0.15, 0.2) is 15.9 Å². The minimum absolute atomic E-state index is 0.0220. The summed E-state index contributed by atoms with van der Waals surface area (Å²) in [5.41, 5.74) is -0.0797. The maximum Gasteiger partial charge on any atom is 0.438 e. The van der Waals surface area contributed by atoms with Crippen molar-refractivity contribution >= 4 is 47.2 Å². The molecule has 0 aliphatic rings. The van der Waals surface area contributed by atoms with Crippen LogP contribution in [0.4, 0.5) is 0 Å². The molecule has 2 rings (SSSR count). The van der Waals surface area contributed by atoms with Crippen LogP contribution in [-0.2, 0) is 27.7 Å². The highest BCUT2D eigenvalue weighted by Crippen LogP contribution is 2.37. The number of ether oxygens (including phenoxy) is 1. The molecule has 2 aromatic heterocycles. The smallest absolute Gasteiger partial charge is 0.355 e. The van der Waals surface area contributed by atoms with Crippen molar-refractivity contribution in [1.29, 1.82) is 0 Å². The number of imidazole rings is 1. The van der Waals surface area contributed by atoms with Gasteiger partial charge in [0.05, 0.1) is 12.1 Å². The Kier molecular flexibility index (Phi) is 12.1. The zero-order chi connectivity index (χ0) is 23.3. The second kappa shape index (κ2) is 14.5. The molecule has 2 aromatic rings. The fraction of sp³-hybridized carbons (Fsp3) is 0.684. The van der Waals surface area contributed by atoms with Gasteiger partial charge in [-0.05, 0) is 19.8 Å². The Balaban J connectivity index is 1.55.